The number of hydrogen-bond donors (Lipinski definition) is 2. The Kier molecular flexibility index (Phi) is 5.66. The van der Waals surface area contributed by atoms with Crippen LogP contribution in [0.15, 0.2) is 24.3 Å². The van der Waals surface area contributed by atoms with Gasteiger partial charge in [-0.2, -0.15) is 0 Å². The van der Waals surface area contributed by atoms with Gasteiger partial charge < -0.3 is 10.5 Å². The number of hydrogen-bond acceptors (Lipinski definition) is 4. The van der Waals surface area contributed by atoms with Crippen LogP contribution in [0, 0.1) is 6.92 Å². The molecule has 0 spiro atoms. The van der Waals surface area contributed by atoms with Gasteiger partial charge in [-0.1, -0.05) is 17.7 Å². The first-order valence-electron chi connectivity index (χ1n) is 5.46. The van der Waals surface area contributed by atoms with E-state index >= 15 is 0 Å². The van der Waals surface area contributed by atoms with Crippen LogP contribution in [0.4, 0.5) is 0 Å². The molecule has 0 fully saturated rings. The molecular weight excluding hydrogens is 236 g/mol. The lowest BCUT2D eigenvalue weighted by atomic mass is 10.2. The van der Waals surface area contributed by atoms with Gasteiger partial charge in [0.05, 0.1) is 13.0 Å². The quantitative estimate of drug-likeness (QED) is 0.683. The number of rotatable bonds is 7. The lowest BCUT2D eigenvalue weighted by Gasteiger charge is -2.07. The monoisotopic (exact) mass is 252 g/mol. The molecule has 1 rings (SSSR count). The van der Waals surface area contributed by atoms with E-state index in [-0.39, 0.29) is 25.5 Å². The van der Waals surface area contributed by atoms with Crippen molar-refractivity contribution in [1.29, 1.82) is 0 Å². The zero-order valence-corrected chi connectivity index (χ0v) is 10.1. The Balaban J connectivity index is 2.15. The Bertz CT molecular complexity index is 403. The lowest BCUT2D eigenvalue weighted by molar-refractivity contribution is -0.138. The van der Waals surface area contributed by atoms with Crippen LogP contribution in [0.1, 0.15) is 12.0 Å². The summed E-state index contributed by atoms with van der Waals surface area (Å²) in [5.74, 6) is -0.318. The Morgan fingerprint density at radius 3 is 2.56 bits per heavy atom. The van der Waals surface area contributed by atoms with Gasteiger partial charge in [-0.25, -0.2) is 5.48 Å². The van der Waals surface area contributed by atoms with E-state index in [1.165, 1.54) is 0 Å². The largest absolute Gasteiger partial charge is 0.493 e. The SMILES string of the molecule is Cc1ccc(OCCC(=O)NOCC(N)=O)cc1. The summed E-state index contributed by atoms with van der Waals surface area (Å²) in [5, 5.41) is 0. The van der Waals surface area contributed by atoms with Crippen molar-refractivity contribution >= 4 is 11.8 Å². The molecule has 0 aliphatic carbocycles. The van der Waals surface area contributed by atoms with Gasteiger partial charge in [0.1, 0.15) is 5.75 Å². The molecule has 1 aromatic rings. The third kappa shape index (κ3) is 5.86. The van der Waals surface area contributed by atoms with Gasteiger partial charge in [0.2, 0.25) is 11.8 Å². The summed E-state index contributed by atoms with van der Waals surface area (Å²) < 4.78 is 5.35. The molecule has 0 saturated heterocycles. The second-order valence-corrected chi connectivity index (χ2v) is 3.69. The molecule has 18 heavy (non-hydrogen) atoms. The molecule has 6 nitrogen and oxygen atoms in total. The Morgan fingerprint density at radius 2 is 1.94 bits per heavy atom. The summed E-state index contributed by atoms with van der Waals surface area (Å²) in [6.07, 6.45) is 0.132. The van der Waals surface area contributed by atoms with Crippen molar-refractivity contribution in [3.63, 3.8) is 0 Å². The van der Waals surface area contributed by atoms with Crippen molar-refractivity contribution in [3.8, 4) is 5.75 Å². The molecule has 2 amide bonds. The fourth-order valence-corrected chi connectivity index (χ4v) is 1.13. The number of carbonyl (C=O) groups is 2. The summed E-state index contributed by atoms with van der Waals surface area (Å²) in [6.45, 7) is 1.87. The summed E-state index contributed by atoms with van der Waals surface area (Å²) in [7, 11) is 0. The predicted octanol–water partition coefficient (Wildman–Crippen LogP) is 0.297. The van der Waals surface area contributed by atoms with E-state index in [1.54, 1.807) is 0 Å². The normalized spacial score (nSPS) is 9.83. The molecule has 0 saturated carbocycles. The maximum Gasteiger partial charge on any atom is 0.246 e. The van der Waals surface area contributed by atoms with E-state index in [1.807, 2.05) is 31.2 Å². The fraction of sp³-hybridized carbons (Fsp3) is 0.333. The Labute approximate surface area is 105 Å². The van der Waals surface area contributed by atoms with Gasteiger partial charge in [-0.05, 0) is 19.1 Å². The van der Waals surface area contributed by atoms with Crippen molar-refractivity contribution in [2.24, 2.45) is 5.73 Å². The first-order chi connectivity index (χ1) is 8.58. The lowest BCUT2D eigenvalue weighted by Crippen LogP contribution is -2.30. The van der Waals surface area contributed by atoms with Crippen molar-refractivity contribution in [1.82, 2.24) is 5.48 Å². The van der Waals surface area contributed by atoms with E-state index < -0.39 is 5.91 Å². The van der Waals surface area contributed by atoms with Gasteiger partial charge >= 0.3 is 0 Å². The predicted molar refractivity (Wildman–Crippen MR) is 64.6 cm³/mol. The summed E-state index contributed by atoms with van der Waals surface area (Å²) in [5.41, 5.74) is 8.06. The minimum atomic E-state index is -0.647. The minimum absolute atomic E-state index is 0.132. The fourth-order valence-electron chi connectivity index (χ4n) is 1.13. The van der Waals surface area contributed by atoms with Crippen LogP contribution in [-0.2, 0) is 14.4 Å². The number of ether oxygens (including phenoxy) is 1. The molecule has 0 heterocycles. The van der Waals surface area contributed by atoms with Crippen molar-refractivity contribution in [2.75, 3.05) is 13.2 Å². The van der Waals surface area contributed by atoms with Crippen LogP contribution < -0.4 is 16.0 Å². The van der Waals surface area contributed by atoms with Crippen LogP contribution in [0.25, 0.3) is 0 Å². The van der Waals surface area contributed by atoms with Gasteiger partial charge in [-0.15, -0.1) is 0 Å². The zero-order chi connectivity index (χ0) is 13.4. The van der Waals surface area contributed by atoms with Crippen molar-refractivity contribution < 1.29 is 19.2 Å². The van der Waals surface area contributed by atoms with E-state index in [0.717, 1.165) is 5.56 Å². The maximum absolute atomic E-state index is 11.2. The smallest absolute Gasteiger partial charge is 0.246 e. The van der Waals surface area contributed by atoms with Crippen LogP contribution >= 0.6 is 0 Å². The second-order valence-electron chi connectivity index (χ2n) is 3.69. The molecule has 0 bridgehead atoms. The van der Waals surface area contributed by atoms with Crippen molar-refractivity contribution in [3.05, 3.63) is 29.8 Å². The van der Waals surface area contributed by atoms with Crippen molar-refractivity contribution in [2.45, 2.75) is 13.3 Å². The van der Waals surface area contributed by atoms with Gasteiger partial charge in [-0.3, -0.25) is 14.4 Å². The first kappa shape index (κ1) is 14.0. The van der Waals surface area contributed by atoms with E-state index in [9.17, 15) is 9.59 Å². The number of benzene rings is 1. The highest BCUT2D eigenvalue weighted by Crippen LogP contribution is 2.11. The first-order valence-corrected chi connectivity index (χ1v) is 5.46. The number of primary amides is 1. The molecule has 0 radical (unpaired) electrons. The zero-order valence-electron chi connectivity index (χ0n) is 10.1. The van der Waals surface area contributed by atoms with Gasteiger partial charge in [0.15, 0.2) is 6.61 Å². The molecule has 3 N–H and O–H groups in total. The average molecular weight is 252 g/mol. The molecule has 1 aromatic carbocycles. The number of nitrogens with one attached hydrogen (secondary N) is 1. The molecular formula is C12H16N2O4. The third-order valence-electron chi connectivity index (χ3n) is 2.02. The average Bonchev–Trinajstić information content (AvgIpc) is 2.31. The number of nitrogens with two attached hydrogens (primary N) is 1. The standard InChI is InChI=1S/C12H16N2O4/c1-9-2-4-10(5-3-9)17-7-6-12(16)14-18-8-11(13)15/h2-5H,6-8H2,1H3,(H2,13,15)(H,14,16). The van der Waals surface area contributed by atoms with Crippen LogP contribution in [-0.4, -0.2) is 25.0 Å². The molecule has 98 valence electrons. The number of amides is 2. The molecule has 6 heteroatoms. The van der Waals surface area contributed by atoms with E-state index in [4.69, 9.17) is 10.5 Å². The molecule has 0 aliphatic rings. The molecule has 0 atom stereocenters. The highest BCUT2D eigenvalue weighted by Gasteiger charge is 2.03. The number of hydroxylamine groups is 1. The number of carbonyl (C=O) groups excluding carboxylic acids is 2. The van der Waals surface area contributed by atoms with Crippen LogP contribution in [0.5, 0.6) is 5.75 Å². The summed E-state index contributed by atoms with van der Waals surface area (Å²) >= 11 is 0. The third-order valence-corrected chi connectivity index (χ3v) is 2.02. The topological polar surface area (TPSA) is 90.7 Å². The van der Waals surface area contributed by atoms with Gasteiger partial charge in [0.25, 0.3) is 0 Å². The Hall–Kier alpha value is -2.08. The minimum Gasteiger partial charge on any atom is -0.493 e. The second kappa shape index (κ2) is 7.29. The van der Waals surface area contributed by atoms with Crippen LogP contribution in [0.2, 0.25) is 0 Å². The molecule has 0 aliphatic heterocycles. The summed E-state index contributed by atoms with van der Waals surface area (Å²) in [4.78, 5) is 26.1. The van der Waals surface area contributed by atoms with E-state index in [2.05, 4.69) is 10.3 Å². The van der Waals surface area contributed by atoms with Crippen LogP contribution in [0.3, 0.4) is 0 Å². The highest BCUT2D eigenvalue weighted by atomic mass is 16.7. The maximum atomic E-state index is 11.2. The summed E-state index contributed by atoms with van der Waals surface area (Å²) in [6, 6.07) is 7.50. The Morgan fingerprint density at radius 1 is 1.28 bits per heavy atom. The molecule has 0 unspecified atom stereocenters. The molecule has 0 aromatic heterocycles. The highest BCUT2D eigenvalue weighted by molar-refractivity contribution is 5.76. The van der Waals surface area contributed by atoms with E-state index in [0.29, 0.717) is 5.75 Å². The van der Waals surface area contributed by atoms with Gasteiger partial charge in [0, 0.05) is 0 Å². The number of aryl methyl sites for hydroxylation is 1.